The molecule has 0 saturated heterocycles. The van der Waals surface area contributed by atoms with Crippen LogP contribution in [0, 0.1) is 19.7 Å². The van der Waals surface area contributed by atoms with Crippen molar-refractivity contribution in [3.8, 4) is 0 Å². The third-order valence-corrected chi connectivity index (χ3v) is 7.70. The van der Waals surface area contributed by atoms with Crippen LogP contribution in [0.15, 0.2) is 66.7 Å². The van der Waals surface area contributed by atoms with E-state index in [-0.39, 0.29) is 30.0 Å². The second kappa shape index (κ2) is 9.50. The molecule has 2 aliphatic rings. The summed E-state index contributed by atoms with van der Waals surface area (Å²) in [6.07, 6.45) is -0.404. The van der Waals surface area contributed by atoms with Gasteiger partial charge < -0.3 is 20.7 Å². The van der Waals surface area contributed by atoms with E-state index in [2.05, 4.69) is 47.2 Å². The molecule has 0 spiro atoms. The van der Waals surface area contributed by atoms with E-state index in [9.17, 15) is 9.18 Å². The largest absolute Gasteiger partial charge is 0.384 e. The lowest BCUT2D eigenvalue weighted by Crippen LogP contribution is -2.26. The number of benzene rings is 3. The van der Waals surface area contributed by atoms with Crippen LogP contribution in [0.25, 0.3) is 0 Å². The van der Waals surface area contributed by atoms with Crippen LogP contribution < -0.4 is 16.0 Å². The topological polar surface area (TPSA) is 80.5 Å². The lowest BCUT2D eigenvalue weighted by Gasteiger charge is -2.30. The van der Waals surface area contributed by atoms with Crippen molar-refractivity contribution >= 4 is 23.1 Å². The van der Waals surface area contributed by atoms with Crippen LogP contribution in [-0.2, 0) is 11.3 Å². The van der Waals surface area contributed by atoms with Crippen LogP contribution in [0.5, 0.6) is 0 Å². The van der Waals surface area contributed by atoms with Crippen molar-refractivity contribution in [3.05, 3.63) is 117 Å². The van der Waals surface area contributed by atoms with Crippen molar-refractivity contribution in [3.63, 3.8) is 0 Å². The second-order valence-electron chi connectivity index (χ2n) is 10.6. The summed E-state index contributed by atoms with van der Waals surface area (Å²) < 4.78 is 20.4. The molecule has 3 aromatic carbocycles. The number of ether oxygens (including phenoxy) is 1. The molecular weight excluding hydrogens is 491 g/mol. The molecule has 1 aromatic heterocycles. The minimum atomic E-state index is -0.264. The molecule has 6 rings (SSSR count). The third-order valence-electron chi connectivity index (χ3n) is 7.70. The van der Waals surface area contributed by atoms with Crippen molar-refractivity contribution in [2.24, 2.45) is 0 Å². The standard InChI is InChI=1S/C32H31FN4O2/c1-17(2)37(22-7-5-6-21(33)14-22)23-9-11-25-27(15-23)31-26-13-20(8-10-24(26)30(25)39-31)32(38)35-16-28-18(3)12-29(34)36-19(28)4/h5-15,17,30-31H,16H2,1-4H3,(H2,34,36)(H,35,38). The number of pyridine rings is 1. The number of hydrogen-bond donors (Lipinski definition) is 2. The van der Waals surface area contributed by atoms with Gasteiger partial charge in [0.05, 0.1) is 0 Å². The molecule has 0 aliphatic carbocycles. The molecule has 0 saturated carbocycles. The molecular formula is C32H31FN4O2. The smallest absolute Gasteiger partial charge is 0.251 e. The minimum Gasteiger partial charge on any atom is -0.384 e. The minimum absolute atomic E-state index is 0.121. The molecule has 3 N–H and O–H groups in total. The Labute approximate surface area is 227 Å². The molecule has 4 aromatic rings. The Balaban J connectivity index is 1.27. The summed E-state index contributed by atoms with van der Waals surface area (Å²) >= 11 is 0. The molecule has 0 radical (unpaired) electrons. The predicted molar refractivity (Wildman–Crippen MR) is 151 cm³/mol. The Morgan fingerprint density at radius 2 is 1.67 bits per heavy atom. The Morgan fingerprint density at radius 1 is 0.974 bits per heavy atom. The van der Waals surface area contributed by atoms with Gasteiger partial charge in [-0.05, 0) is 110 Å². The summed E-state index contributed by atoms with van der Waals surface area (Å²) in [5.74, 6) is 0.0614. The van der Waals surface area contributed by atoms with Gasteiger partial charge in [-0.15, -0.1) is 0 Å². The van der Waals surface area contributed by atoms with E-state index >= 15 is 0 Å². The van der Waals surface area contributed by atoms with E-state index < -0.39 is 0 Å². The zero-order valence-corrected chi connectivity index (χ0v) is 22.5. The summed E-state index contributed by atoms with van der Waals surface area (Å²) in [6.45, 7) is 8.42. The fourth-order valence-electron chi connectivity index (χ4n) is 5.92. The SMILES string of the molecule is Cc1cc(N)nc(C)c1CNC(=O)c1ccc2c(c1)C1OC2c2ccc(N(c3cccc(F)c3)C(C)C)cc21. The average Bonchev–Trinajstić information content (AvgIpc) is 3.45. The average molecular weight is 523 g/mol. The number of amides is 1. The quantitative estimate of drug-likeness (QED) is 0.306. The monoisotopic (exact) mass is 522 g/mol. The van der Waals surface area contributed by atoms with Crippen molar-refractivity contribution < 1.29 is 13.9 Å². The van der Waals surface area contributed by atoms with E-state index in [1.54, 1.807) is 12.1 Å². The highest BCUT2D eigenvalue weighted by Gasteiger charge is 2.43. The summed E-state index contributed by atoms with van der Waals surface area (Å²) in [5, 5.41) is 3.03. The molecule has 6 nitrogen and oxygen atoms in total. The highest BCUT2D eigenvalue weighted by atomic mass is 19.1. The van der Waals surface area contributed by atoms with Crippen LogP contribution in [-0.4, -0.2) is 16.9 Å². The van der Waals surface area contributed by atoms with Gasteiger partial charge in [-0.3, -0.25) is 4.79 Å². The fraction of sp³-hybridized carbons (Fsp3) is 0.250. The summed E-state index contributed by atoms with van der Waals surface area (Å²) in [6, 6.07) is 20.7. The van der Waals surface area contributed by atoms with E-state index in [0.29, 0.717) is 17.9 Å². The number of nitrogens with zero attached hydrogens (tertiary/aromatic N) is 2. The van der Waals surface area contributed by atoms with Gasteiger partial charge in [-0.25, -0.2) is 9.37 Å². The lowest BCUT2D eigenvalue weighted by molar-refractivity contribution is 0.0857. The van der Waals surface area contributed by atoms with Gasteiger partial charge >= 0.3 is 0 Å². The van der Waals surface area contributed by atoms with Crippen LogP contribution in [0.1, 0.15) is 75.5 Å². The first kappa shape index (κ1) is 25.1. The predicted octanol–water partition coefficient (Wildman–Crippen LogP) is 6.42. The highest BCUT2D eigenvalue weighted by molar-refractivity contribution is 5.94. The van der Waals surface area contributed by atoms with E-state index in [0.717, 1.165) is 50.4 Å². The van der Waals surface area contributed by atoms with Crippen LogP contribution in [0.4, 0.5) is 21.6 Å². The number of nitrogen functional groups attached to an aromatic ring is 1. The van der Waals surface area contributed by atoms with E-state index in [1.165, 1.54) is 6.07 Å². The number of anilines is 3. The number of hydrogen-bond acceptors (Lipinski definition) is 5. The van der Waals surface area contributed by atoms with Gasteiger partial charge in [0.15, 0.2) is 0 Å². The van der Waals surface area contributed by atoms with Gasteiger partial charge in [0.1, 0.15) is 23.8 Å². The summed E-state index contributed by atoms with van der Waals surface area (Å²) in [5.41, 5.74) is 15.3. The number of aryl methyl sites for hydroxylation is 2. The van der Waals surface area contributed by atoms with Crippen molar-refractivity contribution in [1.82, 2.24) is 10.3 Å². The van der Waals surface area contributed by atoms with E-state index in [4.69, 9.17) is 10.5 Å². The van der Waals surface area contributed by atoms with Crippen LogP contribution >= 0.6 is 0 Å². The molecule has 7 heteroatoms. The zero-order chi connectivity index (χ0) is 27.4. The Morgan fingerprint density at radius 3 is 2.38 bits per heavy atom. The Kier molecular flexibility index (Phi) is 6.11. The lowest BCUT2D eigenvalue weighted by atomic mass is 9.84. The number of halogens is 1. The zero-order valence-electron chi connectivity index (χ0n) is 22.5. The first-order valence-electron chi connectivity index (χ1n) is 13.2. The maximum atomic E-state index is 14.0. The molecule has 2 atom stereocenters. The second-order valence-corrected chi connectivity index (χ2v) is 10.6. The van der Waals surface area contributed by atoms with Gasteiger partial charge in [0, 0.05) is 35.2 Å². The number of rotatable bonds is 6. The van der Waals surface area contributed by atoms with Crippen LogP contribution in [0.2, 0.25) is 0 Å². The molecule has 2 bridgehead atoms. The van der Waals surface area contributed by atoms with Gasteiger partial charge in [-0.1, -0.05) is 18.2 Å². The van der Waals surface area contributed by atoms with Crippen molar-refractivity contribution in [1.29, 1.82) is 0 Å². The molecule has 39 heavy (non-hydrogen) atoms. The van der Waals surface area contributed by atoms with Crippen molar-refractivity contribution in [2.75, 3.05) is 10.6 Å². The van der Waals surface area contributed by atoms with Gasteiger partial charge in [-0.2, -0.15) is 0 Å². The maximum absolute atomic E-state index is 14.0. The number of nitrogens with one attached hydrogen (secondary N) is 1. The number of aromatic nitrogens is 1. The number of nitrogens with two attached hydrogens (primary N) is 1. The highest BCUT2D eigenvalue weighted by Crippen LogP contribution is 2.55. The normalized spacial score (nSPS) is 16.8. The van der Waals surface area contributed by atoms with E-state index in [1.807, 2.05) is 44.2 Å². The molecule has 3 heterocycles. The van der Waals surface area contributed by atoms with Gasteiger partial charge in [0.25, 0.3) is 5.91 Å². The third kappa shape index (κ3) is 4.33. The Hall–Kier alpha value is -4.23. The molecule has 1 amide bonds. The van der Waals surface area contributed by atoms with Gasteiger partial charge in [0.2, 0.25) is 0 Å². The molecule has 198 valence electrons. The molecule has 0 fully saturated rings. The molecule has 2 unspecified atom stereocenters. The number of fused-ring (bicyclic) bond motifs is 8. The molecule has 2 aliphatic heterocycles. The number of carbonyl (C=O) groups is 1. The first-order chi connectivity index (χ1) is 18.7. The Bertz CT molecular complexity index is 1590. The van der Waals surface area contributed by atoms with Crippen molar-refractivity contribution in [2.45, 2.75) is 52.5 Å². The first-order valence-corrected chi connectivity index (χ1v) is 13.2. The number of carbonyl (C=O) groups excluding carboxylic acids is 1. The summed E-state index contributed by atoms with van der Waals surface area (Å²) in [4.78, 5) is 19.6. The fourth-order valence-corrected chi connectivity index (χ4v) is 5.92. The summed E-state index contributed by atoms with van der Waals surface area (Å²) in [7, 11) is 0. The van der Waals surface area contributed by atoms with Crippen LogP contribution in [0.3, 0.4) is 0 Å². The maximum Gasteiger partial charge on any atom is 0.251 e.